The summed E-state index contributed by atoms with van der Waals surface area (Å²) in [6, 6.07) is 1.55. The molecule has 0 spiro atoms. The van der Waals surface area contributed by atoms with Crippen LogP contribution in [-0.2, 0) is 16.4 Å². The number of aryl methyl sites for hydroxylation is 2. The summed E-state index contributed by atoms with van der Waals surface area (Å²) in [7, 11) is -3.59. The van der Waals surface area contributed by atoms with Gasteiger partial charge in [0.2, 0.25) is 10.0 Å². The van der Waals surface area contributed by atoms with Crippen LogP contribution in [0.3, 0.4) is 0 Å². The van der Waals surface area contributed by atoms with Crippen molar-refractivity contribution in [3.63, 3.8) is 0 Å². The fourth-order valence-electron chi connectivity index (χ4n) is 3.11. The lowest BCUT2D eigenvalue weighted by Crippen LogP contribution is -2.36. The number of amides is 1. The number of thiophene rings is 1. The van der Waals surface area contributed by atoms with Crippen molar-refractivity contribution < 1.29 is 13.2 Å². The number of nitrogens with one attached hydrogen (secondary N) is 1. The Morgan fingerprint density at radius 2 is 2.00 bits per heavy atom. The molecule has 2 aromatic rings. The molecular weight excluding hydrogens is 402 g/mol. The lowest BCUT2D eigenvalue weighted by molar-refractivity contribution is 0.0954. The van der Waals surface area contributed by atoms with Gasteiger partial charge in [-0.2, -0.15) is 4.31 Å². The van der Waals surface area contributed by atoms with E-state index in [4.69, 9.17) is 0 Å². The minimum absolute atomic E-state index is 0.144. The fourth-order valence-corrected chi connectivity index (χ4v) is 6.76. The van der Waals surface area contributed by atoms with Crippen LogP contribution >= 0.6 is 22.7 Å². The van der Waals surface area contributed by atoms with Gasteiger partial charge in [-0.25, -0.2) is 13.4 Å². The van der Waals surface area contributed by atoms with Crippen LogP contribution in [0.25, 0.3) is 0 Å². The van der Waals surface area contributed by atoms with E-state index in [0.717, 1.165) is 49.2 Å². The predicted molar refractivity (Wildman–Crippen MR) is 109 cm³/mol. The third-order valence-corrected chi connectivity index (χ3v) is 8.55. The van der Waals surface area contributed by atoms with E-state index < -0.39 is 10.0 Å². The molecular formula is C18H25N3O3S3. The van der Waals surface area contributed by atoms with E-state index in [0.29, 0.717) is 19.6 Å². The van der Waals surface area contributed by atoms with Crippen molar-refractivity contribution >= 4 is 38.6 Å². The number of aromatic nitrogens is 1. The van der Waals surface area contributed by atoms with Gasteiger partial charge in [0.1, 0.15) is 9.77 Å². The minimum Gasteiger partial charge on any atom is -0.351 e. The van der Waals surface area contributed by atoms with Crippen molar-refractivity contribution in [3.8, 4) is 0 Å². The maximum atomic E-state index is 12.9. The van der Waals surface area contributed by atoms with Crippen molar-refractivity contribution in [3.05, 3.63) is 32.4 Å². The van der Waals surface area contributed by atoms with Crippen LogP contribution in [0.4, 0.5) is 0 Å². The van der Waals surface area contributed by atoms with Crippen molar-refractivity contribution in [2.75, 3.05) is 19.6 Å². The Labute approximate surface area is 168 Å². The zero-order valence-electron chi connectivity index (χ0n) is 15.4. The fraction of sp³-hybridized carbons (Fsp3) is 0.556. The number of hydrogen-bond acceptors (Lipinski definition) is 6. The van der Waals surface area contributed by atoms with E-state index in [1.807, 2.05) is 12.3 Å². The summed E-state index contributed by atoms with van der Waals surface area (Å²) in [4.78, 5) is 17.4. The largest absolute Gasteiger partial charge is 0.351 e. The Kier molecular flexibility index (Phi) is 7.02. The molecule has 0 aromatic carbocycles. The third kappa shape index (κ3) is 5.16. The van der Waals surface area contributed by atoms with Gasteiger partial charge in [0.25, 0.3) is 5.91 Å². The molecule has 1 aliphatic rings. The van der Waals surface area contributed by atoms with Gasteiger partial charge in [0, 0.05) is 30.7 Å². The number of carbonyl (C=O) groups is 1. The highest BCUT2D eigenvalue weighted by Gasteiger charge is 2.30. The van der Waals surface area contributed by atoms with Crippen LogP contribution in [0.1, 0.15) is 52.5 Å². The molecule has 3 rings (SSSR count). The number of hydrogen-bond donors (Lipinski definition) is 1. The summed E-state index contributed by atoms with van der Waals surface area (Å²) in [5, 5.41) is 7.70. The molecule has 1 aliphatic heterocycles. The van der Waals surface area contributed by atoms with Crippen molar-refractivity contribution in [1.29, 1.82) is 0 Å². The van der Waals surface area contributed by atoms with E-state index in [9.17, 15) is 13.2 Å². The standard InChI is InChI=1S/C18H25N3O3S3/c1-14-13-26-16(20-14)7-3-4-9-19-18(22)17-15(8-12-25-17)27(23,24)21-10-5-2-6-11-21/h8,12-13H,2-7,9-11H2,1H3,(H,19,22). The van der Waals surface area contributed by atoms with Gasteiger partial charge in [0.05, 0.1) is 5.01 Å². The SMILES string of the molecule is Cc1csc(CCCCNC(=O)c2sccc2S(=O)(=O)N2CCCCC2)n1. The van der Waals surface area contributed by atoms with Crippen molar-refractivity contribution in [2.45, 2.75) is 50.3 Å². The van der Waals surface area contributed by atoms with Crippen molar-refractivity contribution in [1.82, 2.24) is 14.6 Å². The molecule has 6 nitrogen and oxygen atoms in total. The maximum absolute atomic E-state index is 12.9. The normalized spacial score (nSPS) is 15.7. The zero-order chi connectivity index (χ0) is 19.3. The van der Waals surface area contributed by atoms with Gasteiger partial charge in [0.15, 0.2) is 0 Å². The summed E-state index contributed by atoms with van der Waals surface area (Å²) >= 11 is 2.85. The Bertz CT molecular complexity index is 867. The number of carbonyl (C=O) groups excluding carboxylic acids is 1. The van der Waals surface area contributed by atoms with Crippen LogP contribution in [-0.4, -0.2) is 43.2 Å². The number of piperidine rings is 1. The van der Waals surface area contributed by atoms with E-state index in [-0.39, 0.29) is 15.7 Å². The second-order valence-corrected chi connectivity index (χ2v) is 10.4. The first kappa shape index (κ1) is 20.4. The van der Waals surface area contributed by atoms with Crippen LogP contribution in [0.5, 0.6) is 0 Å². The zero-order valence-corrected chi connectivity index (χ0v) is 17.9. The molecule has 9 heteroatoms. The molecule has 1 fully saturated rings. The molecule has 1 saturated heterocycles. The number of unbranched alkanes of at least 4 members (excludes halogenated alkanes) is 1. The molecule has 0 radical (unpaired) electrons. The highest BCUT2D eigenvalue weighted by Crippen LogP contribution is 2.27. The second kappa shape index (κ2) is 9.27. The Hall–Kier alpha value is -1.29. The summed E-state index contributed by atoms with van der Waals surface area (Å²) in [5.41, 5.74) is 1.04. The lowest BCUT2D eigenvalue weighted by atomic mass is 10.2. The Morgan fingerprint density at radius 1 is 1.22 bits per heavy atom. The van der Waals surface area contributed by atoms with Crippen LogP contribution < -0.4 is 5.32 Å². The average Bonchev–Trinajstić information content (AvgIpc) is 3.31. The Balaban J connectivity index is 1.52. The van der Waals surface area contributed by atoms with Gasteiger partial charge in [-0.05, 0) is 50.5 Å². The monoisotopic (exact) mass is 427 g/mol. The maximum Gasteiger partial charge on any atom is 0.262 e. The van der Waals surface area contributed by atoms with Crippen LogP contribution in [0.2, 0.25) is 0 Å². The van der Waals surface area contributed by atoms with E-state index in [1.54, 1.807) is 22.8 Å². The Morgan fingerprint density at radius 3 is 2.70 bits per heavy atom. The molecule has 1 amide bonds. The molecule has 0 saturated carbocycles. The predicted octanol–water partition coefficient (Wildman–Crippen LogP) is 3.44. The van der Waals surface area contributed by atoms with Gasteiger partial charge < -0.3 is 5.32 Å². The molecule has 27 heavy (non-hydrogen) atoms. The van der Waals surface area contributed by atoms with E-state index in [2.05, 4.69) is 10.3 Å². The average molecular weight is 428 g/mol. The van der Waals surface area contributed by atoms with Gasteiger partial charge in [-0.15, -0.1) is 22.7 Å². The van der Waals surface area contributed by atoms with Gasteiger partial charge in [-0.3, -0.25) is 4.79 Å². The molecule has 0 aliphatic carbocycles. The molecule has 2 aromatic heterocycles. The molecule has 1 N–H and O–H groups in total. The summed E-state index contributed by atoms with van der Waals surface area (Å²) < 4.78 is 27.2. The van der Waals surface area contributed by atoms with Gasteiger partial charge >= 0.3 is 0 Å². The minimum atomic E-state index is -3.59. The van der Waals surface area contributed by atoms with Crippen LogP contribution in [0, 0.1) is 6.92 Å². The molecule has 3 heterocycles. The summed E-state index contributed by atoms with van der Waals surface area (Å²) in [6.07, 6.45) is 5.50. The smallest absolute Gasteiger partial charge is 0.262 e. The molecule has 148 valence electrons. The third-order valence-electron chi connectivity index (χ3n) is 4.54. The van der Waals surface area contributed by atoms with Gasteiger partial charge in [-0.1, -0.05) is 6.42 Å². The summed E-state index contributed by atoms with van der Waals surface area (Å²) in [6.45, 7) is 3.59. The second-order valence-electron chi connectivity index (χ2n) is 6.67. The molecule has 0 bridgehead atoms. The first-order valence-corrected chi connectivity index (χ1v) is 12.5. The topological polar surface area (TPSA) is 79.4 Å². The molecule has 0 atom stereocenters. The number of rotatable bonds is 8. The number of thiazole rings is 1. The lowest BCUT2D eigenvalue weighted by Gasteiger charge is -2.25. The highest BCUT2D eigenvalue weighted by atomic mass is 32.2. The highest BCUT2D eigenvalue weighted by molar-refractivity contribution is 7.89. The first-order valence-electron chi connectivity index (χ1n) is 9.25. The van der Waals surface area contributed by atoms with Crippen LogP contribution in [0.15, 0.2) is 21.7 Å². The quantitative estimate of drug-likeness (QED) is 0.655. The molecule has 0 unspecified atom stereocenters. The van der Waals surface area contributed by atoms with E-state index >= 15 is 0 Å². The number of nitrogens with zero attached hydrogens (tertiary/aromatic N) is 2. The first-order chi connectivity index (χ1) is 13.0. The summed E-state index contributed by atoms with van der Waals surface area (Å²) in [5.74, 6) is -0.300. The van der Waals surface area contributed by atoms with Crippen molar-refractivity contribution in [2.24, 2.45) is 0 Å². The van der Waals surface area contributed by atoms with E-state index in [1.165, 1.54) is 15.6 Å². The number of sulfonamides is 1.